The Labute approximate surface area is 133 Å². The van der Waals surface area contributed by atoms with Crippen LogP contribution in [0.5, 0.6) is 0 Å². The molecule has 0 unspecified atom stereocenters. The highest BCUT2D eigenvalue weighted by Crippen LogP contribution is 2.21. The number of fused-ring (bicyclic) bond motifs is 1. The van der Waals surface area contributed by atoms with Gasteiger partial charge in [-0.3, -0.25) is 0 Å². The highest BCUT2D eigenvalue weighted by atomic mass is 16.3. The van der Waals surface area contributed by atoms with Crippen molar-refractivity contribution in [2.75, 3.05) is 5.32 Å². The van der Waals surface area contributed by atoms with Gasteiger partial charge in [0.25, 0.3) is 0 Å². The van der Waals surface area contributed by atoms with Gasteiger partial charge in [-0.15, -0.1) is 0 Å². The lowest BCUT2D eigenvalue weighted by Crippen LogP contribution is -2.07. The van der Waals surface area contributed by atoms with Gasteiger partial charge >= 0.3 is 0 Å². The molecule has 3 aromatic rings. The summed E-state index contributed by atoms with van der Waals surface area (Å²) in [5.41, 5.74) is 15.4. The largest absolute Gasteiger partial charge is 0.443 e. The Morgan fingerprint density at radius 1 is 1.22 bits per heavy atom. The van der Waals surface area contributed by atoms with Crippen LogP contribution in [0.25, 0.3) is 16.8 Å². The molecule has 0 saturated heterocycles. The van der Waals surface area contributed by atoms with Gasteiger partial charge < -0.3 is 21.2 Å². The van der Waals surface area contributed by atoms with Gasteiger partial charge in [-0.05, 0) is 36.6 Å². The van der Waals surface area contributed by atoms with Gasteiger partial charge in [0.05, 0.1) is 0 Å². The summed E-state index contributed by atoms with van der Waals surface area (Å²) in [5, 5.41) is 3.30. The number of pyridine rings is 1. The SMILES string of the molecule is N/C=C\C=C(/N)c1cccnc1NCc1cccc2ocnc12. The van der Waals surface area contributed by atoms with Crippen LogP contribution in [0.1, 0.15) is 11.1 Å². The van der Waals surface area contributed by atoms with E-state index in [1.54, 1.807) is 18.3 Å². The van der Waals surface area contributed by atoms with Crippen LogP contribution in [0.2, 0.25) is 0 Å². The second-order valence-electron chi connectivity index (χ2n) is 4.88. The third-order valence-corrected chi connectivity index (χ3v) is 3.40. The predicted octanol–water partition coefficient (Wildman–Crippen LogP) is 2.61. The van der Waals surface area contributed by atoms with Gasteiger partial charge in [0.15, 0.2) is 12.0 Å². The number of para-hydroxylation sites is 1. The van der Waals surface area contributed by atoms with E-state index < -0.39 is 0 Å². The minimum absolute atomic E-state index is 0.563. The Kier molecular flexibility index (Phi) is 4.24. The number of hydrogen-bond acceptors (Lipinski definition) is 6. The summed E-state index contributed by atoms with van der Waals surface area (Å²) in [6, 6.07) is 9.56. The summed E-state index contributed by atoms with van der Waals surface area (Å²) >= 11 is 0. The fourth-order valence-corrected chi connectivity index (χ4v) is 2.29. The number of allylic oxidation sites excluding steroid dienone is 2. The first kappa shape index (κ1) is 14.6. The van der Waals surface area contributed by atoms with Crippen LogP contribution < -0.4 is 16.8 Å². The van der Waals surface area contributed by atoms with E-state index in [1.165, 1.54) is 12.6 Å². The fourth-order valence-electron chi connectivity index (χ4n) is 2.29. The number of oxazole rings is 1. The second kappa shape index (κ2) is 6.65. The molecule has 2 heterocycles. The number of nitrogens with zero attached hydrogens (tertiary/aromatic N) is 2. The monoisotopic (exact) mass is 307 g/mol. The van der Waals surface area contributed by atoms with E-state index in [9.17, 15) is 0 Å². The lowest BCUT2D eigenvalue weighted by molar-refractivity contribution is 0.602. The molecule has 116 valence electrons. The average Bonchev–Trinajstić information content (AvgIpc) is 3.07. The number of benzene rings is 1. The van der Waals surface area contributed by atoms with Gasteiger partial charge in [-0.1, -0.05) is 12.1 Å². The fraction of sp³-hybridized carbons (Fsp3) is 0.0588. The van der Waals surface area contributed by atoms with Gasteiger partial charge in [0.1, 0.15) is 11.3 Å². The minimum atomic E-state index is 0.563. The van der Waals surface area contributed by atoms with Crippen molar-refractivity contribution in [3.63, 3.8) is 0 Å². The zero-order chi connectivity index (χ0) is 16.1. The molecule has 0 aliphatic heterocycles. The summed E-state index contributed by atoms with van der Waals surface area (Å²) in [4.78, 5) is 8.60. The molecule has 23 heavy (non-hydrogen) atoms. The molecule has 0 saturated carbocycles. The molecule has 0 radical (unpaired) electrons. The zero-order valence-electron chi connectivity index (χ0n) is 12.4. The standard InChI is InChI=1S/C17H17N5O/c18-8-2-6-14(19)13-5-3-9-20-17(13)21-10-12-4-1-7-15-16(12)22-11-23-15/h1-9,11H,10,18-19H2,(H,20,21)/b8-2-,14-6-. The molecule has 0 aliphatic carbocycles. The first-order chi connectivity index (χ1) is 11.3. The summed E-state index contributed by atoms with van der Waals surface area (Å²) in [7, 11) is 0. The van der Waals surface area contributed by atoms with E-state index in [1.807, 2.05) is 30.3 Å². The first-order valence-corrected chi connectivity index (χ1v) is 7.14. The van der Waals surface area contributed by atoms with Crippen molar-refractivity contribution in [3.05, 3.63) is 72.4 Å². The minimum Gasteiger partial charge on any atom is -0.443 e. The van der Waals surface area contributed by atoms with Crippen molar-refractivity contribution in [2.45, 2.75) is 6.54 Å². The van der Waals surface area contributed by atoms with Crippen LogP contribution in [0.3, 0.4) is 0 Å². The number of anilines is 1. The molecule has 6 heteroatoms. The topological polar surface area (TPSA) is 103 Å². The Bertz CT molecular complexity index is 866. The lowest BCUT2D eigenvalue weighted by atomic mass is 10.1. The third-order valence-electron chi connectivity index (χ3n) is 3.40. The molecule has 0 fully saturated rings. The van der Waals surface area contributed by atoms with Crippen molar-refractivity contribution in [3.8, 4) is 0 Å². The highest BCUT2D eigenvalue weighted by molar-refractivity contribution is 5.77. The smallest absolute Gasteiger partial charge is 0.181 e. The normalized spacial score (nSPS) is 12.1. The zero-order valence-corrected chi connectivity index (χ0v) is 12.4. The maximum Gasteiger partial charge on any atom is 0.181 e. The van der Waals surface area contributed by atoms with Crippen molar-refractivity contribution in [1.29, 1.82) is 0 Å². The van der Waals surface area contributed by atoms with Gasteiger partial charge in [-0.25, -0.2) is 9.97 Å². The van der Waals surface area contributed by atoms with Crippen LogP contribution in [0.15, 0.2) is 65.7 Å². The molecule has 5 N–H and O–H groups in total. The summed E-state index contributed by atoms with van der Waals surface area (Å²) in [5.74, 6) is 0.701. The van der Waals surface area contributed by atoms with E-state index in [0.29, 0.717) is 18.1 Å². The number of aromatic nitrogens is 2. The molecule has 1 aromatic carbocycles. The maximum atomic E-state index is 6.07. The van der Waals surface area contributed by atoms with Crippen molar-refractivity contribution in [1.82, 2.24) is 9.97 Å². The average molecular weight is 307 g/mol. The van der Waals surface area contributed by atoms with Crippen LogP contribution in [-0.2, 0) is 6.54 Å². The van der Waals surface area contributed by atoms with E-state index in [2.05, 4.69) is 15.3 Å². The Morgan fingerprint density at radius 3 is 3.00 bits per heavy atom. The number of rotatable bonds is 5. The molecular weight excluding hydrogens is 290 g/mol. The second-order valence-corrected chi connectivity index (χ2v) is 4.88. The number of nitrogens with two attached hydrogens (primary N) is 2. The molecular formula is C17H17N5O. The molecule has 3 rings (SSSR count). The quantitative estimate of drug-likeness (QED) is 0.626. The molecule has 0 bridgehead atoms. The molecule has 0 amide bonds. The molecule has 2 aromatic heterocycles. The van der Waals surface area contributed by atoms with Gasteiger partial charge in [-0.2, -0.15) is 0 Å². The summed E-state index contributed by atoms with van der Waals surface area (Å²) < 4.78 is 5.31. The van der Waals surface area contributed by atoms with Crippen molar-refractivity contribution in [2.24, 2.45) is 11.5 Å². The Hall–Kier alpha value is -3.28. The summed E-state index contributed by atoms with van der Waals surface area (Å²) in [6.07, 6.45) is 8.01. The van der Waals surface area contributed by atoms with Crippen LogP contribution in [0.4, 0.5) is 5.82 Å². The first-order valence-electron chi connectivity index (χ1n) is 7.14. The van der Waals surface area contributed by atoms with E-state index >= 15 is 0 Å². The van der Waals surface area contributed by atoms with Gasteiger partial charge in [0.2, 0.25) is 0 Å². The lowest BCUT2D eigenvalue weighted by Gasteiger charge is -2.11. The number of hydrogen-bond donors (Lipinski definition) is 3. The molecule has 6 nitrogen and oxygen atoms in total. The number of nitrogens with one attached hydrogen (secondary N) is 1. The van der Waals surface area contributed by atoms with Crippen molar-refractivity contribution >= 4 is 22.6 Å². The molecule has 0 spiro atoms. The van der Waals surface area contributed by atoms with Crippen LogP contribution in [-0.4, -0.2) is 9.97 Å². The Balaban J connectivity index is 1.85. The summed E-state index contributed by atoms with van der Waals surface area (Å²) in [6.45, 7) is 0.563. The maximum absolute atomic E-state index is 6.07. The van der Waals surface area contributed by atoms with Crippen molar-refractivity contribution < 1.29 is 4.42 Å². The van der Waals surface area contributed by atoms with Gasteiger partial charge in [0, 0.05) is 29.6 Å². The van der Waals surface area contributed by atoms with Crippen LogP contribution >= 0.6 is 0 Å². The van der Waals surface area contributed by atoms with E-state index in [0.717, 1.165) is 22.2 Å². The third kappa shape index (κ3) is 3.16. The predicted molar refractivity (Wildman–Crippen MR) is 91.1 cm³/mol. The Morgan fingerprint density at radius 2 is 2.13 bits per heavy atom. The molecule has 0 aliphatic rings. The molecule has 0 atom stereocenters. The van der Waals surface area contributed by atoms with Crippen LogP contribution in [0, 0.1) is 0 Å². The highest BCUT2D eigenvalue weighted by Gasteiger charge is 2.08. The van der Waals surface area contributed by atoms with E-state index in [-0.39, 0.29) is 0 Å². The van der Waals surface area contributed by atoms with E-state index in [4.69, 9.17) is 15.9 Å².